The molecule has 1 aromatic rings. The number of hydrogen-bond donors (Lipinski definition) is 0. The molecule has 1 unspecified atom stereocenters. The average Bonchev–Trinajstić information content (AvgIpc) is 2.66. The van der Waals surface area contributed by atoms with Gasteiger partial charge >= 0.3 is 0 Å². The molecule has 1 heterocycles. The topological polar surface area (TPSA) is 30.7 Å². The zero-order valence-corrected chi connectivity index (χ0v) is 11.0. The summed E-state index contributed by atoms with van der Waals surface area (Å²) in [4.78, 5) is 4.30. The summed E-state index contributed by atoms with van der Waals surface area (Å²) in [6.45, 7) is 9.12. The highest BCUT2D eigenvalue weighted by molar-refractivity contribution is 9.09. The Morgan fingerprint density at radius 3 is 2.93 bits per heavy atom. The highest BCUT2D eigenvalue weighted by atomic mass is 79.9. The highest BCUT2D eigenvalue weighted by Gasteiger charge is 2.22. The number of aromatic nitrogens is 3. The van der Waals surface area contributed by atoms with Crippen LogP contribution in [0.1, 0.15) is 26.1 Å². The van der Waals surface area contributed by atoms with Crippen molar-refractivity contribution in [2.24, 2.45) is 5.41 Å². The predicted octanol–water partition coefficient (Wildman–Crippen LogP) is 2.82. The van der Waals surface area contributed by atoms with Gasteiger partial charge in [0.05, 0.1) is 0 Å². The first-order chi connectivity index (χ1) is 7.15. The first-order valence-electron chi connectivity index (χ1n) is 5.21. The van der Waals surface area contributed by atoms with Gasteiger partial charge in [-0.2, -0.15) is 5.10 Å². The molecule has 0 bridgehead atoms. The second kappa shape index (κ2) is 5.45. The molecule has 1 atom stereocenters. The lowest BCUT2D eigenvalue weighted by atomic mass is 9.89. The molecule has 4 heteroatoms. The van der Waals surface area contributed by atoms with Crippen LogP contribution in [0.15, 0.2) is 19.0 Å². The molecule has 0 aromatic carbocycles. The number of allylic oxidation sites excluding steroid dienone is 1. The third kappa shape index (κ3) is 3.16. The first kappa shape index (κ1) is 12.4. The standard InChI is InChI=1S/C11H18BrN3/c1-4-6-15-10(13-9-14-15)7-11(3,5-2)8-12/h5,9H,2,4,6-8H2,1,3H3. The van der Waals surface area contributed by atoms with E-state index in [-0.39, 0.29) is 5.41 Å². The lowest BCUT2D eigenvalue weighted by Gasteiger charge is -2.22. The van der Waals surface area contributed by atoms with Gasteiger partial charge in [-0.3, -0.25) is 4.68 Å². The van der Waals surface area contributed by atoms with Crippen LogP contribution in [0.25, 0.3) is 0 Å². The summed E-state index contributed by atoms with van der Waals surface area (Å²) >= 11 is 3.51. The number of halogens is 1. The lowest BCUT2D eigenvalue weighted by molar-refractivity contribution is 0.450. The Bertz CT molecular complexity index is 321. The highest BCUT2D eigenvalue weighted by Crippen LogP contribution is 2.25. The molecule has 3 nitrogen and oxygen atoms in total. The van der Waals surface area contributed by atoms with Crippen LogP contribution in [-0.2, 0) is 13.0 Å². The van der Waals surface area contributed by atoms with Crippen molar-refractivity contribution in [3.05, 3.63) is 24.8 Å². The Kier molecular flexibility index (Phi) is 4.51. The fourth-order valence-electron chi connectivity index (χ4n) is 1.36. The Labute approximate surface area is 99.7 Å². The minimum atomic E-state index is 0.0541. The van der Waals surface area contributed by atoms with Gasteiger partial charge in [-0.1, -0.05) is 35.9 Å². The molecule has 15 heavy (non-hydrogen) atoms. The van der Waals surface area contributed by atoms with E-state index in [1.54, 1.807) is 6.33 Å². The summed E-state index contributed by atoms with van der Waals surface area (Å²) in [5, 5.41) is 5.11. The smallest absolute Gasteiger partial charge is 0.138 e. The van der Waals surface area contributed by atoms with Gasteiger partial charge < -0.3 is 0 Å². The van der Waals surface area contributed by atoms with Crippen LogP contribution >= 0.6 is 15.9 Å². The quantitative estimate of drug-likeness (QED) is 0.589. The fourth-order valence-corrected chi connectivity index (χ4v) is 1.79. The summed E-state index contributed by atoms with van der Waals surface area (Å²) in [7, 11) is 0. The van der Waals surface area contributed by atoms with Crippen LogP contribution in [0.5, 0.6) is 0 Å². The zero-order valence-electron chi connectivity index (χ0n) is 9.41. The van der Waals surface area contributed by atoms with Gasteiger partial charge in [-0.25, -0.2) is 4.98 Å². The second-order valence-electron chi connectivity index (χ2n) is 4.07. The van der Waals surface area contributed by atoms with Gasteiger partial charge in [0, 0.05) is 23.7 Å². The van der Waals surface area contributed by atoms with Gasteiger partial charge in [0.15, 0.2) is 0 Å². The van der Waals surface area contributed by atoms with Crippen molar-refractivity contribution in [1.82, 2.24) is 14.8 Å². The van der Waals surface area contributed by atoms with E-state index in [9.17, 15) is 0 Å². The van der Waals surface area contributed by atoms with Gasteiger partial charge in [0.1, 0.15) is 12.2 Å². The molecule has 0 N–H and O–H groups in total. The lowest BCUT2D eigenvalue weighted by Crippen LogP contribution is -2.21. The molecule has 0 amide bonds. The van der Waals surface area contributed by atoms with Crippen LogP contribution in [0.4, 0.5) is 0 Å². The number of aryl methyl sites for hydroxylation is 1. The average molecular weight is 272 g/mol. The number of alkyl halides is 1. The molecule has 0 radical (unpaired) electrons. The number of hydrogen-bond acceptors (Lipinski definition) is 2. The van der Waals surface area contributed by atoms with Crippen molar-refractivity contribution >= 4 is 15.9 Å². The monoisotopic (exact) mass is 271 g/mol. The minimum Gasteiger partial charge on any atom is -0.250 e. The SMILES string of the molecule is C=CC(C)(CBr)Cc1ncnn1CCC. The predicted molar refractivity (Wildman–Crippen MR) is 66.1 cm³/mol. The third-order valence-corrected chi connectivity index (χ3v) is 3.77. The molecule has 1 aromatic heterocycles. The van der Waals surface area contributed by atoms with E-state index >= 15 is 0 Å². The van der Waals surface area contributed by atoms with Crippen molar-refractivity contribution in [3.8, 4) is 0 Å². The van der Waals surface area contributed by atoms with Crippen molar-refractivity contribution in [1.29, 1.82) is 0 Å². The normalized spacial score (nSPS) is 14.9. The molecule has 0 spiro atoms. The van der Waals surface area contributed by atoms with Crippen molar-refractivity contribution in [2.75, 3.05) is 5.33 Å². The summed E-state index contributed by atoms with van der Waals surface area (Å²) in [5.41, 5.74) is 0.0541. The Balaban J connectivity index is 2.78. The van der Waals surface area contributed by atoms with E-state index in [2.05, 4.69) is 46.4 Å². The van der Waals surface area contributed by atoms with Gasteiger partial charge in [-0.05, 0) is 6.42 Å². The molecule has 0 aliphatic carbocycles. The molecule has 0 aliphatic heterocycles. The molecular formula is C11H18BrN3. The largest absolute Gasteiger partial charge is 0.250 e. The first-order valence-corrected chi connectivity index (χ1v) is 6.33. The molecule has 0 saturated heterocycles. The fraction of sp³-hybridized carbons (Fsp3) is 0.636. The van der Waals surface area contributed by atoms with Gasteiger partial charge in [-0.15, -0.1) is 6.58 Å². The zero-order chi connectivity index (χ0) is 11.3. The molecule has 84 valence electrons. The van der Waals surface area contributed by atoms with Crippen LogP contribution in [0, 0.1) is 5.41 Å². The van der Waals surface area contributed by atoms with E-state index in [0.29, 0.717) is 0 Å². The minimum absolute atomic E-state index is 0.0541. The Morgan fingerprint density at radius 2 is 2.40 bits per heavy atom. The summed E-state index contributed by atoms with van der Waals surface area (Å²) < 4.78 is 1.98. The van der Waals surface area contributed by atoms with Gasteiger partial charge in [0.25, 0.3) is 0 Å². The van der Waals surface area contributed by atoms with E-state index in [0.717, 1.165) is 30.5 Å². The maximum atomic E-state index is 4.30. The molecular weight excluding hydrogens is 254 g/mol. The van der Waals surface area contributed by atoms with E-state index in [1.165, 1.54) is 0 Å². The summed E-state index contributed by atoms with van der Waals surface area (Å²) in [6, 6.07) is 0. The Hall–Kier alpha value is -0.640. The second-order valence-corrected chi connectivity index (χ2v) is 4.63. The maximum Gasteiger partial charge on any atom is 0.138 e. The number of rotatable bonds is 6. The van der Waals surface area contributed by atoms with Crippen LogP contribution in [0.3, 0.4) is 0 Å². The van der Waals surface area contributed by atoms with Crippen molar-refractivity contribution < 1.29 is 0 Å². The van der Waals surface area contributed by atoms with Crippen molar-refractivity contribution in [3.63, 3.8) is 0 Å². The van der Waals surface area contributed by atoms with E-state index in [1.807, 2.05) is 10.8 Å². The van der Waals surface area contributed by atoms with E-state index in [4.69, 9.17) is 0 Å². The van der Waals surface area contributed by atoms with Crippen LogP contribution < -0.4 is 0 Å². The molecule has 0 fully saturated rings. The van der Waals surface area contributed by atoms with Crippen LogP contribution in [-0.4, -0.2) is 20.1 Å². The molecule has 1 rings (SSSR count). The van der Waals surface area contributed by atoms with E-state index < -0.39 is 0 Å². The maximum absolute atomic E-state index is 4.30. The summed E-state index contributed by atoms with van der Waals surface area (Å²) in [5.74, 6) is 1.04. The Morgan fingerprint density at radius 1 is 1.67 bits per heavy atom. The number of nitrogens with zero attached hydrogens (tertiary/aromatic N) is 3. The van der Waals surface area contributed by atoms with Crippen molar-refractivity contribution in [2.45, 2.75) is 33.2 Å². The summed E-state index contributed by atoms with van der Waals surface area (Å²) in [6.07, 6.45) is 5.56. The third-order valence-electron chi connectivity index (χ3n) is 2.49. The van der Waals surface area contributed by atoms with Crippen LogP contribution in [0.2, 0.25) is 0 Å². The molecule has 0 saturated carbocycles. The van der Waals surface area contributed by atoms with Gasteiger partial charge in [0.2, 0.25) is 0 Å². The molecule has 0 aliphatic rings.